The number of anilines is 1. The lowest BCUT2D eigenvalue weighted by atomic mass is 10.1. The van der Waals surface area contributed by atoms with Gasteiger partial charge in [-0.05, 0) is 41.5 Å². The van der Waals surface area contributed by atoms with Crippen LogP contribution in [0.3, 0.4) is 0 Å². The molecule has 0 spiro atoms. The van der Waals surface area contributed by atoms with Gasteiger partial charge in [0, 0.05) is 43.8 Å². The Balaban J connectivity index is 1.42. The van der Waals surface area contributed by atoms with Crippen molar-refractivity contribution in [3.05, 3.63) is 52.2 Å². The molecule has 0 bridgehead atoms. The van der Waals surface area contributed by atoms with Crippen LogP contribution in [0.5, 0.6) is 0 Å². The van der Waals surface area contributed by atoms with Gasteiger partial charge in [0.15, 0.2) is 5.96 Å². The van der Waals surface area contributed by atoms with Crippen molar-refractivity contribution in [2.45, 2.75) is 19.9 Å². The fourth-order valence-corrected chi connectivity index (χ4v) is 4.04. The van der Waals surface area contributed by atoms with Gasteiger partial charge in [-0.2, -0.15) is 0 Å². The maximum Gasteiger partial charge on any atom is 0.191 e. The summed E-state index contributed by atoms with van der Waals surface area (Å²) in [5.41, 5.74) is 2.52. The Kier molecular flexibility index (Phi) is 7.54. The lowest BCUT2D eigenvalue weighted by Crippen LogP contribution is -2.39. The first-order valence-corrected chi connectivity index (χ1v) is 10.5. The number of guanidine groups is 1. The largest absolute Gasteiger partial charge is 0.378 e. The summed E-state index contributed by atoms with van der Waals surface area (Å²) in [7, 11) is 1.82. The van der Waals surface area contributed by atoms with Crippen LogP contribution in [-0.4, -0.2) is 45.9 Å². The zero-order valence-corrected chi connectivity index (χ0v) is 17.1. The topological polar surface area (TPSA) is 48.9 Å². The second-order valence-corrected chi connectivity index (χ2v) is 7.99. The van der Waals surface area contributed by atoms with E-state index < -0.39 is 0 Å². The molecule has 0 radical (unpaired) electrons. The molecular formula is C21H30N4OS. The lowest BCUT2D eigenvalue weighted by molar-refractivity contribution is 0.122. The molecule has 1 aromatic carbocycles. The number of aliphatic imine (C=N–C) groups is 1. The van der Waals surface area contributed by atoms with Gasteiger partial charge < -0.3 is 20.3 Å². The summed E-state index contributed by atoms with van der Waals surface area (Å²) in [5, 5.41) is 8.98. The van der Waals surface area contributed by atoms with Gasteiger partial charge in [0.2, 0.25) is 0 Å². The summed E-state index contributed by atoms with van der Waals surface area (Å²) in [6.45, 7) is 7.52. The van der Waals surface area contributed by atoms with Crippen LogP contribution in [0, 0.1) is 5.92 Å². The number of ether oxygens (including phenoxy) is 1. The minimum absolute atomic E-state index is 0.565. The molecule has 1 aliphatic heterocycles. The van der Waals surface area contributed by atoms with Crippen molar-refractivity contribution < 1.29 is 4.74 Å². The summed E-state index contributed by atoms with van der Waals surface area (Å²) < 4.78 is 5.42. The van der Waals surface area contributed by atoms with Crippen LogP contribution in [0.1, 0.15) is 17.4 Å². The van der Waals surface area contributed by atoms with Crippen molar-refractivity contribution >= 4 is 23.0 Å². The number of morpholine rings is 1. The van der Waals surface area contributed by atoms with Crippen LogP contribution in [-0.2, 0) is 17.7 Å². The Morgan fingerprint density at radius 3 is 2.63 bits per heavy atom. The molecule has 27 heavy (non-hydrogen) atoms. The highest BCUT2D eigenvalue weighted by molar-refractivity contribution is 7.09. The van der Waals surface area contributed by atoms with E-state index in [-0.39, 0.29) is 0 Å². The van der Waals surface area contributed by atoms with Crippen LogP contribution < -0.4 is 15.5 Å². The molecule has 0 saturated carbocycles. The Hall–Kier alpha value is -2.05. The average Bonchev–Trinajstić information content (AvgIpc) is 3.22. The molecule has 1 fully saturated rings. The van der Waals surface area contributed by atoms with E-state index in [4.69, 9.17) is 4.74 Å². The molecule has 0 aliphatic carbocycles. The number of nitrogens with zero attached hydrogens (tertiary/aromatic N) is 2. The third-order valence-electron chi connectivity index (χ3n) is 4.74. The minimum atomic E-state index is 0.565. The summed E-state index contributed by atoms with van der Waals surface area (Å²) in [6.07, 6.45) is 1.10. The number of benzene rings is 1. The Labute approximate surface area is 166 Å². The van der Waals surface area contributed by atoms with Gasteiger partial charge in [-0.3, -0.25) is 4.99 Å². The molecular weight excluding hydrogens is 356 g/mol. The first kappa shape index (κ1) is 19.7. The van der Waals surface area contributed by atoms with E-state index in [0.717, 1.165) is 51.8 Å². The van der Waals surface area contributed by atoms with Crippen molar-refractivity contribution in [2.24, 2.45) is 10.9 Å². The number of rotatable bonds is 7. The maximum absolute atomic E-state index is 5.42. The predicted molar refractivity (Wildman–Crippen MR) is 115 cm³/mol. The highest BCUT2D eigenvalue weighted by Gasteiger charge is 2.11. The fourth-order valence-electron chi connectivity index (χ4n) is 3.17. The average molecular weight is 387 g/mol. The Morgan fingerprint density at radius 2 is 1.96 bits per heavy atom. The highest BCUT2D eigenvalue weighted by Crippen LogP contribution is 2.16. The molecule has 0 amide bonds. The van der Waals surface area contributed by atoms with E-state index in [9.17, 15) is 0 Å². The van der Waals surface area contributed by atoms with Gasteiger partial charge in [-0.15, -0.1) is 11.3 Å². The quantitative estimate of drug-likeness (QED) is 0.567. The molecule has 1 saturated heterocycles. The molecule has 2 aromatic rings. The number of thiophene rings is 1. The summed E-state index contributed by atoms with van der Waals surface area (Å²) in [4.78, 5) is 8.15. The number of nitrogens with one attached hydrogen (secondary N) is 2. The molecule has 1 unspecified atom stereocenters. The second-order valence-electron chi connectivity index (χ2n) is 6.96. The first-order valence-electron chi connectivity index (χ1n) is 9.63. The maximum atomic E-state index is 5.42. The SMILES string of the molecule is CN=C(NCc1ccc(N2CCOCC2)cc1)NCC(C)Cc1cccs1. The molecule has 6 heteroatoms. The third-order valence-corrected chi connectivity index (χ3v) is 5.64. The summed E-state index contributed by atoms with van der Waals surface area (Å²) in [5.74, 6) is 1.42. The first-order chi connectivity index (χ1) is 13.2. The third kappa shape index (κ3) is 6.26. The van der Waals surface area contributed by atoms with E-state index in [0.29, 0.717) is 5.92 Å². The van der Waals surface area contributed by atoms with Gasteiger partial charge in [0.05, 0.1) is 13.2 Å². The Morgan fingerprint density at radius 1 is 1.19 bits per heavy atom. The van der Waals surface area contributed by atoms with Crippen LogP contribution in [0.15, 0.2) is 46.8 Å². The molecule has 1 aromatic heterocycles. The standard InChI is InChI=1S/C21H30N4OS/c1-17(14-20-4-3-13-27-20)15-23-21(22-2)24-16-18-5-7-19(8-6-18)25-9-11-26-12-10-25/h3-8,13,17H,9-12,14-16H2,1-2H3,(H2,22,23,24). The van der Waals surface area contributed by atoms with Crippen molar-refractivity contribution in [1.82, 2.24) is 10.6 Å². The van der Waals surface area contributed by atoms with Crippen LogP contribution in [0.25, 0.3) is 0 Å². The van der Waals surface area contributed by atoms with Gasteiger partial charge >= 0.3 is 0 Å². The molecule has 1 atom stereocenters. The van der Waals surface area contributed by atoms with E-state index >= 15 is 0 Å². The number of hydrogen-bond donors (Lipinski definition) is 2. The van der Waals surface area contributed by atoms with E-state index in [1.165, 1.54) is 16.1 Å². The van der Waals surface area contributed by atoms with E-state index in [2.05, 4.69) is 69.2 Å². The molecule has 3 rings (SSSR count). The van der Waals surface area contributed by atoms with E-state index in [1.54, 1.807) is 0 Å². The van der Waals surface area contributed by atoms with Crippen LogP contribution in [0.2, 0.25) is 0 Å². The smallest absolute Gasteiger partial charge is 0.191 e. The minimum Gasteiger partial charge on any atom is -0.378 e. The summed E-state index contributed by atoms with van der Waals surface area (Å²) >= 11 is 1.83. The molecule has 1 aliphatic rings. The van der Waals surface area contributed by atoms with Gasteiger partial charge in [0.1, 0.15) is 0 Å². The molecule has 5 nitrogen and oxygen atoms in total. The zero-order valence-electron chi connectivity index (χ0n) is 16.3. The van der Waals surface area contributed by atoms with Crippen molar-refractivity contribution in [1.29, 1.82) is 0 Å². The normalized spacial score (nSPS) is 16.2. The van der Waals surface area contributed by atoms with Crippen LogP contribution in [0.4, 0.5) is 5.69 Å². The molecule has 146 valence electrons. The monoisotopic (exact) mass is 386 g/mol. The fraction of sp³-hybridized carbons (Fsp3) is 0.476. The Bertz CT molecular complexity index is 693. The van der Waals surface area contributed by atoms with Crippen LogP contribution >= 0.6 is 11.3 Å². The second kappa shape index (κ2) is 10.3. The highest BCUT2D eigenvalue weighted by atomic mass is 32.1. The summed E-state index contributed by atoms with van der Waals surface area (Å²) in [6, 6.07) is 13.1. The molecule has 2 N–H and O–H groups in total. The lowest BCUT2D eigenvalue weighted by Gasteiger charge is -2.29. The van der Waals surface area contributed by atoms with Gasteiger partial charge in [0.25, 0.3) is 0 Å². The molecule has 2 heterocycles. The van der Waals surface area contributed by atoms with Gasteiger partial charge in [-0.1, -0.05) is 25.1 Å². The zero-order chi connectivity index (χ0) is 18.9. The van der Waals surface area contributed by atoms with Crippen molar-refractivity contribution in [2.75, 3.05) is 44.8 Å². The predicted octanol–water partition coefficient (Wildman–Crippen LogP) is 3.13. The van der Waals surface area contributed by atoms with E-state index in [1.807, 2.05) is 18.4 Å². The number of hydrogen-bond acceptors (Lipinski definition) is 4. The van der Waals surface area contributed by atoms with Crippen molar-refractivity contribution in [3.8, 4) is 0 Å². The van der Waals surface area contributed by atoms with Gasteiger partial charge in [-0.25, -0.2) is 0 Å². The van der Waals surface area contributed by atoms with Crippen molar-refractivity contribution in [3.63, 3.8) is 0 Å².